The summed E-state index contributed by atoms with van der Waals surface area (Å²) in [4.78, 5) is 12.5. The number of hydrogen-bond acceptors (Lipinski definition) is 3. The predicted molar refractivity (Wildman–Crippen MR) is 71.5 cm³/mol. The van der Waals surface area contributed by atoms with Gasteiger partial charge in [0.1, 0.15) is 5.75 Å². The fourth-order valence-corrected chi connectivity index (χ4v) is 1.85. The van der Waals surface area contributed by atoms with Crippen molar-refractivity contribution in [1.29, 1.82) is 0 Å². The van der Waals surface area contributed by atoms with E-state index in [0.717, 1.165) is 16.2 Å². The SMILES string of the molecule is C=C(C)CNC(=O)CSc1ccc(OC)cc1. The number of nitrogens with one attached hydrogen (secondary N) is 1. The van der Waals surface area contributed by atoms with Crippen molar-refractivity contribution in [3.05, 3.63) is 36.4 Å². The fourth-order valence-electron chi connectivity index (χ4n) is 1.12. The zero-order valence-electron chi connectivity index (χ0n) is 10.2. The summed E-state index contributed by atoms with van der Waals surface area (Å²) in [5.41, 5.74) is 0.952. The molecule has 0 radical (unpaired) electrons. The minimum Gasteiger partial charge on any atom is -0.497 e. The molecule has 0 unspecified atom stereocenters. The largest absolute Gasteiger partial charge is 0.497 e. The summed E-state index contributed by atoms with van der Waals surface area (Å²) >= 11 is 1.50. The van der Waals surface area contributed by atoms with Crippen LogP contribution in [0.25, 0.3) is 0 Å². The van der Waals surface area contributed by atoms with Gasteiger partial charge in [0.25, 0.3) is 0 Å². The summed E-state index contributed by atoms with van der Waals surface area (Å²) < 4.78 is 5.06. The van der Waals surface area contributed by atoms with Crippen molar-refractivity contribution in [3.8, 4) is 5.75 Å². The van der Waals surface area contributed by atoms with Crippen LogP contribution in [-0.2, 0) is 4.79 Å². The van der Waals surface area contributed by atoms with E-state index < -0.39 is 0 Å². The van der Waals surface area contributed by atoms with Crippen LogP contribution in [0.2, 0.25) is 0 Å². The number of hydrogen-bond donors (Lipinski definition) is 1. The third-order valence-corrected chi connectivity index (χ3v) is 3.03. The third kappa shape index (κ3) is 5.45. The highest BCUT2D eigenvalue weighted by atomic mass is 32.2. The molecule has 0 atom stereocenters. The van der Waals surface area contributed by atoms with Crippen LogP contribution in [-0.4, -0.2) is 25.3 Å². The molecular formula is C13H17NO2S. The van der Waals surface area contributed by atoms with Gasteiger partial charge in [0.05, 0.1) is 12.9 Å². The lowest BCUT2D eigenvalue weighted by Crippen LogP contribution is -2.26. The van der Waals surface area contributed by atoms with Crippen molar-refractivity contribution in [3.63, 3.8) is 0 Å². The molecule has 1 amide bonds. The first-order chi connectivity index (χ1) is 8.11. The van der Waals surface area contributed by atoms with Gasteiger partial charge in [-0.3, -0.25) is 4.79 Å². The van der Waals surface area contributed by atoms with Gasteiger partial charge in [0.15, 0.2) is 0 Å². The van der Waals surface area contributed by atoms with E-state index in [0.29, 0.717) is 12.3 Å². The van der Waals surface area contributed by atoms with E-state index in [-0.39, 0.29) is 5.91 Å². The Kier molecular flexibility index (Phi) is 5.63. The van der Waals surface area contributed by atoms with Crippen LogP contribution in [0.1, 0.15) is 6.92 Å². The monoisotopic (exact) mass is 251 g/mol. The molecule has 0 aromatic heterocycles. The van der Waals surface area contributed by atoms with Crippen molar-refractivity contribution in [2.45, 2.75) is 11.8 Å². The Morgan fingerprint density at radius 3 is 2.59 bits per heavy atom. The van der Waals surface area contributed by atoms with E-state index in [4.69, 9.17) is 4.74 Å². The van der Waals surface area contributed by atoms with Gasteiger partial charge in [-0.1, -0.05) is 12.2 Å². The standard InChI is InChI=1S/C13H17NO2S/c1-10(2)8-14-13(15)9-17-12-6-4-11(16-3)5-7-12/h4-7H,1,8-9H2,2-3H3,(H,14,15). The van der Waals surface area contributed by atoms with E-state index in [1.54, 1.807) is 7.11 Å². The van der Waals surface area contributed by atoms with Crippen LogP contribution >= 0.6 is 11.8 Å². The molecule has 0 fully saturated rings. The first kappa shape index (κ1) is 13.6. The molecule has 0 heterocycles. The number of methoxy groups -OCH3 is 1. The number of amides is 1. The second-order valence-electron chi connectivity index (χ2n) is 3.70. The quantitative estimate of drug-likeness (QED) is 0.623. The molecule has 92 valence electrons. The maximum Gasteiger partial charge on any atom is 0.230 e. The van der Waals surface area contributed by atoms with Crippen LogP contribution in [0, 0.1) is 0 Å². The Bertz CT molecular complexity index is 387. The highest BCUT2D eigenvalue weighted by Crippen LogP contribution is 2.20. The summed E-state index contributed by atoms with van der Waals surface area (Å²) in [5, 5.41) is 2.79. The van der Waals surface area contributed by atoms with Gasteiger partial charge >= 0.3 is 0 Å². The van der Waals surface area contributed by atoms with Crippen LogP contribution in [0.3, 0.4) is 0 Å². The Balaban J connectivity index is 2.34. The van der Waals surface area contributed by atoms with Crippen molar-refractivity contribution in [2.24, 2.45) is 0 Å². The van der Waals surface area contributed by atoms with E-state index in [2.05, 4.69) is 11.9 Å². The van der Waals surface area contributed by atoms with Gasteiger partial charge in [-0.05, 0) is 31.2 Å². The molecule has 0 saturated heterocycles. The molecule has 0 saturated carbocycles. The normalized spacial score (nSPS) is 9.76. The number of carbonyl (C=O) groups excluding carboxylic acids is 1. The Morgan fingerprint density at radius 1 is 1.41 bits per heavy atom. The molecular weight excluding hydrogens is 234 g/mol. The van der Waals surface area contributed by atoms with E-state index in [1.807, 2.05) is 31.2 Å². The minimum atomic E-state index is 0.0221. The molecule has 1 rings (SSSR count). The molecule has 0 aliphatic heterocycles. The number of carbonyl (C=O) groups is 1. The minimum absolute atomic E-state index is 0.0221. The molecule has 1 aromatic carbocycles. The maximum atomic E-state index is 11.4. The lowest BCUT2D eigenvalue weighted by Gasteiger charge is -2.05. The second kappa shape index (κ2) is 7.01. The second-order valence-corrected chi connectivity index (χ2v) is 4.75. The summed E-state index contributed by atoms with van der Waals surface area (Å²) in [5.74, 6) is 1.26. The van der Waals surface area contributed by atoms with Gasteiger partial charge < -0.3 is 10.1 Å². The van der Waals surface area contributed by atoms with Crippen molar-refractivity contribution in [2.75, 3.05) is 19.4 Å². The van der Waals surface area contributed by atoms with Gasteiger partial charge in [-0.25, -0.2) is 0 Å². The van der Waals surface area contributed by atoms with Gasteiger partial charge in [0.2, 0.25) is 5.91 Å². The molecule has 0 aliphatic carbocycles. The van der Waals surface area contributed by atoms with Crippen LogP contribution < -0.4 is 10.1 Å². The molecule has 4 heteroatoms. The summed E-state index contributed by atoms with van der Waals surface area (Å²) in [6.07, 6.45) is 0. The zero-order valence-corrected chi connectivity index (χ0v) is 11.0. The topological polar surface area (TPSA) is 38.3 Å². The molecule has 0 spiro atoms. The Labute approximate surface area is 106 Å². The highest BCUT2D eigenvalue weighted by molar-refractivity contribution is 8.00. The summed E-state index contributed by atoms with van der Waals surface area (Å²) in [6.45, 7) is 6.16. The maximum absolute atomic E-state index is 11.4. The molecule has 1 aromatic rings. The third-order valence-electron chi connectivity index (χ3n) is 2.02. The smallest absolute Gasteiger partial charge is 0.230 e. The average Bonchev–Trinajstić information content (AvgIpc) is 2.34. The van der Waals surface area contributed by atoms with E-state index in [1.165, 1.54) is 11.8 Å². The first-order valence-electron chi connectivity index (χ1n) is 5.29. The zero-order chi connectivity index (χ0) is 12.7. The lowest BCUT2D eigenvalue weighted by atomic mass is 10.3. The van der Waals surface area contributed by atoms with Crippen LogP contribution in [0.4, 0.5) is 0 Å². The fraction of sp³-hybridized carbons (Fsp3) is 0.308. The van der Waals surface area contributed by atoms with Gasteiger partial charge in [0, 0.05) is 11.4 Å². The average molecular weight is 251 g/mol. The number of ether oxygens (including phenoxy) is 1. The lowest BCUT2D eigenvalue weighted by molar-refractivity contribution is -0.118. The van der Waals surface area contributed by atoms with Gasteiger partial charge in [-0.2, -0.15) is 0 Å². The Morgan fingerprint density at radius 2 is 2.06 bits per heavy atom. The van der Waals surface area contributed by atoms with E-state index >= 15 is 0 Å². The van der Waals surface area contributed by atoms with Crippen LogP contribution in [0.15, 0.2) is 41.3 Å². The van der Waals surface area contributed by atoms with Gasteiger partial charge in [-0.15, -0.1) is 11.8 Å². The van der Waals surface area contributed by atoms with Crippen molar-refractivity contribution < 1.29 is 9.53 Å². The number of rotatable bonds is 6. The number of benzene rings is 1. The van der Waals surface area contributed by atoms with Crippen LogP contribution in [0.5, 0.6) is 5.75 Å². The molecule has 17 heavy (non-hydrogen) atoms. The predicted octanol–water partition coefficient (Wildman–Crippen LogP) is 2.48. The molecule has 0 bridgehead atoms. The summed E-state index contributed by atoms with van der Waals surface area (Å²) in [6, 6.07) is 7.65. The summed E-state index contributed by atoms with van der Waals surface area (Å²) in [7, 11) is 1.63. The number of thioether (sulfide) groups is 1. The highest BCUT2D eigenvalue weighted by Gasteiger charge is 2.02. The van der Waals surface area contributed by atoms with Crippen molar-refractivity contribution >= 4 is 17.7 Å². The first-order valence-corrected chi connectivity index (χ1v) is 6.28. The molecule has 3 nitrogen and oxygen atoms in total. The van der Waals surface area contributed by atoms with E-state index in [9.17, 15) is 4.79 Å². The van der Waals surface area contributed by atoms with Crippen molar-refractivity contribution in [1.82, 2.24) is 5.32 Å². The molecule has 0 aliphatic rings. The molecule has 1 N–H and O–H groups in total. The Hall–Kier alpha value is -1.42.